The third-order valence-electron chi connectivity index (χ3n) is 17.5. The molecule has 0 spiro atoms. The number of rotatable bonds is 20. The molecule has 6 heterocycles. The molecule has 520 valence electrons. The number of H-pyrrole nitrogens is 3. The van der Waals surface area contributed by atoms with Gasteiger partial charge in [0.05, 0.1) is 63.9 Å². The fraction of sp³-hybridized carbons (Fsp3) is 0.320. The van der Waals surface area contributed by atoms with Crippen molar-refractivity contribution in [3.63, 3.8) is 0 Å². The van der Waals surface area contributed by atoms with E-state index >= 15 is 0 Å². The lowest BCUT2D eigenvalue weighted by atomic mass is 10.1. The number of aromatic amines is 3. The Hall–Kier alpha value is -7.16. The Labute approximate surface area is 612 Å². The Bertz CT molecular complexity index is 3810. The zero-order valence-electron chi connectivity index (χ0n) is 55.5. The van der Waals surface area contributed by atoms with Crippen LogP contribution in [0.15, 0.2) is 164 Å². The minimum Gasteiger partial charge on any atom is -0.478 e. The molecule has 3 aliphatic rings. The van der Waals surface area contributed by atoms with E-state index < -0.39 is 5.97 Å². The highest BCUT2D eigenvalue weighted by Gasteiger charge is 2.24. The lowest BCUT2D eigenvalue weighted by Gasteiger charge is -2.36. The van der Waals surface area contributed by atoms with Gasteiger partial charge < -0.3 is 51.1 Å². The van der Waals surface area contributed by atoms with Gasteiger partial charge in [-0.15, -0.1) is 12.4 Å². The van der Waals surface area contributed by atoms with Gasteiger partial charge in [-0.25, -0.2) is 4.79 Å². The van der Waals surface area contributed by atoms with Crippen molar-refractivity contribution in [3.8, 4) is 33.8 Å². The Morgan fingerprint density at radius 3 is 0.980 bits per heavy atom. The van der Waals surface area contributed by atoms with Gasteiger partial charge in [-0.1, -0.05) is 179 Å². The number of aromatic nitrogens is 3. The number of nitrogens with one attached hydrogen (secondary N) is 5. The summed E-state index contributed by atoms with van der Waals surface area (Å²) in [6, 6.07) is 52.6. The van der Waals surface area contributed by atoms with Crippen LogP contribution in [0, 0.1) is 20.8 Å². The molecule has 3 fully saturated rings. The van der Waals surface area contributed by atoms with Crippen LogP contribution in [0.5, 0.6) is 0 Å². The molecule has 8 N–H and O–H groups in total. The van der Waals surface area contributed by atoms with Crippen molar-refractivity contribution < 1.29 is 19.5 Å². The molecule has 0 saturated carbocycles. The van der Waals surface area contributed by atoms with E-state index in [9.17, 15) is 14.4 Å². The van der Waals surface area contributed by atoms with Gasteiger partial charge >= 0.3 is 5.97 Å². The molecule has 3 saturated heterocycles. The van der Waals surface area contributed by atoms with Crippen molar-refractivity contribution in [2.24, 2.45) is 5.73 Å². The summed E-state index contributed by atoms with van der Waals surface area (Å²) in [4.78, 5) is 60.0. The number of aromatic carboxylic acids is 1. The maximum Gasteiger partial charge on any atom is 0.337 e. The summed E-state index contributed by atoms with van der Waals surface area (Å²) in [6.45, 7) is 22.3. The van der Waals surface area contributed by atoms with Gasteiger partial charge in [-0.3, -0.25) is 24.3 Å². The maximum atomic E-state index is 12.6. The Kier molecular flexibility index (Phi) is 30.0. The molecule has 0 unspecified atom stereocenters. The van der Waals surface area contributed by atoms with Crippen molar-refractivity contribution in [1.29, 1.82) is 0 Å². The molecule has 2 amide bonds. The predicted octanol–water partition coefficient (Wildman–Crippen LogP) is 16.1. The fourth-order valence-electron chi connectivity index (χ4n) is 12.0. The molecule has 0 bridgehead atoms. The molecule has 0 radical (unpaired) electrons. The number of hydrogen-bond acceptors (Lipinski definition) is 10. The van der Waals surface area contributed by atoms with Gasteiger partial charge in [-0.2, -0.15) is 0 Å². The minimum atomic E-state index is -0.897. The van der Waals surface area contributed by atoms with Crippen LogP contribution in [-0.4, -0.2) is 170 Å². The van der Waals surface area contributed by atoms with Crippen molar-refractivity contribution in [1.82, 2.24) is 40.3 Å². The van der Waals surface area contributed by atoms with Gasteiger partial charge in [0.1, 0.15) is 0 Å². The largest absolute Gasteiger partial charge is 0.478 e. The second-order valence-corrected chi connectivity index (χ2v) is 26.5. The summed E-state index contributed by atoms with van der Waals surface area (Å²) in [6.07, 6.45) is 2.90. The quantitative estimate of drug-likeness (QED) is 0.0360. The van der Waals surface area contributed by atoms with Crippen LogP contribution in [0.25, 0.3) is 33.8 Å². The molecule has 23 heteroatoms. The highest BCUT2D eigenvalue weighted by molar-refractivity contribution is 6.45. The van der Waals surface area contributed by atoms with E-state index in [0.717, 1.165) is 186 Å². The summed E-state index contributed by atoms with van der Waals surface area (Å²) in [7, 11) is 0. The van der Waals surface area contributed by atoms with E-state index in [1.165, 1.54) is 0 Å². The van der Waals surface area contributed by atoms with Crippen LogP contribution in [0.1, 0.15) is 67.4 Å². The van der Waals surface area contributed by atoms with E-state index in [1.54, 1.807) is 13.0 Å². The van der Waals surface area contributed by atoms with Crippen molar-refractivity contribution >= 4 is 117 Å². The highest BCUT2D eigenvalue weighted by Crippen LogP contribution is 2.36. The SMILES string of the molecule is Cc1[nH]c(-c2ccccc2)cc1C(=O)NCCCN1CCN(c2cccc(Cl)c2Cl)CC1.Cc1[nH]c(-c2ccccc2)cc1C(=O)NCCCN1CCN(c2cccc(Cl)c2Cl)CC1.Cc1[nH]c(-c2ccccc2)cc1C(=O)O.Cl.NCCCN1CCN(c2cccc(Cl)c2Cl)CC1. The van der Waals surface area contributed by atoms with Crippen LogP contribution in [0.3, 0.4) is 0 Å². The van der Waals surface area contributed by atoms with E-state index in [2.05, 4.69) is 55.0 Å². The molecule has 6 aromatic carbocycles. The zero-order valence-corrected chi connectivity index (χ0v) is 60.9. The second kappa shape index (κ2) is 38.4. The molecule has 9 aromatic rings. The number of anilines is 3. The Balaban J connectivity index is 0.000000174. The number of halogens is 7. The van der Waals surface area contributed by atoms with Crippen LogP contribution in [0.2, 0.25) is 30.1 Å². The Morgan fingerprint density at radius 2 is 0.694 bits per heavy atom. The van der Waals surface area contributed by atoms with Crippen LogP contribution in [0.4, 0.5) is 17.1 Å². The molecular weight excluding hydrogens is 1380 g/mol. The summed E-state index contributed by atoms with van der Waals surface area (Å²) in [5.74, 6) is -0.950. The van der Waals surface area contributed by atoms with Gasteiger partial charge in [0.2, 0.25) is 0 Å². The molecule has 98 heavy (non-hydrogen) atoms. The van der Waals surface area contributed by atoms with Gasteiger partial charge in [0, 0.05) is 126 Å². The summed E-state index contributed by atoms with van der Waals surface area (Å²) in [5.41, 5.74) is 18.7. The summed E-state index contributed by atoms with van der Waals surface area (Å²) >= 11 is 37.3. The molecule has 3 aliphatic heterocycles. The lowest BCUT2D eigenvalue weighted by Crippen LogP contribution is -2.47. The Morgan fingerprint density at radius 1 is 0.408 bits per heavy atom. The third kappa shape index (κ3) is 21.4. The number of carbonyl (C=O) groups excluding carboxylic acids is 2. The molecule has 0 aliphatic carbocycles. The summed E-state index contributed by atoms with van der Waals surface area (Å²) in [5, 5.41) is 18.8. The lowest BCUT2D eigenvalue weighted by molar-refractivity contribution is 0.0695. The number of carboxylic acids is 1. The number of nitrogens with zero attached hydrogens (tertiary/aromatic N) is 6. The molecule has 16 nitrogen and oxygen atoms in total. The predicted molar refractivity (Wildman–Crippen MR) is 410 cm³/mol. The number of nitrogens with two attached hydrogens (primary N) is 1. The van der Waals surface area contributed by atoms with Crippen LogP contribution >= 0.6 is 82.0 Å². The third-order valence-corrected chi connectivity index (χ3v) is 19.9. The van der Waals surface area contributed by atoms with Crippen molar-refractivity contribution in [3.05, 3.63) is 228 Å². The smallest absolute Gasteiger partial charge is 0.337 e. The second-order valence-electron chi connectivity index (χ2n) is 24.1. The maximum absolute atomic E-state index is 12.6. The fourth-order valence-corrected chi connectivity index (χ4v) is 13.3. The number of benzene rings is 6. The number of aryl methyl sites for hydroxylation is 3. The first-order valence-corrected chi connectivity index (χ1v) is 35.2. The molecule has 12 rings (SSSR count). The normalized spacial score (nSPS) is 14.2. The molecular formula is C75H87Cl7N12O4. The standard InChI is InChI=1S/2C25H28Cl2N4O.C13H19Cl2N3.C12H11NO2.ClH/c2*1-18-20(17-22(29-18)19-7-3-2-4-8-19)25(32)28-11-6-12-30-13-15-31(16-14-30)23-10-5-9-21(26)24(23)27;14-11-3-1-4-12(13(11)15)18-9-7-17(8-10-18)6-2-5-16;1-8-10(12(14)15)7-11(13-8)9-5-3-2-4-6-9;/h2*2-5,7-10,17,29H,6,11-16H2,1H3,(H,28,32);1,3-4H,2,5-10,16H2;2-7,13H,1H3,(H,14,15);1H. The number of piperazine rings is 3. The average Bonchev–Trinajstić information content (AvgIpc) is 1.82. The van der Waals surface area contributed by atoms with Gasteiger partial charge in [0.25, 0.3) is 11.8 Å². The summed E-state index contributed by atoms with van der Waals surface area (Å²) < 4.78 is 0. The van der Waals surface area contributed by atoms with Gasteiger partial charge in [0.15, 0.2) is 0 Å². The van der Waals surface area contributed by atoms with Crippen molar-refractivity contribution in [2.45, 2.75) is 40.0 Å². The number of carboxylic acid groups (broad SMARTS) is 1. The zero-order chi connectivity index (χ0) is 68.8. The van der Waals surface area contributed by atoms with Crippen LogP contribution in [-0.2, 0) is 0 Å². The number of amides is 2. The van der Waals surface area contributed by atoms with E-state index in [4.69, 9.17) is 80.4 Å². The topological polar surface area (TPSA) is 188 Å². The minimum absolute atomic E-state index is 0. The number of hydrogen-bond donors (Lipinski definition) is 7. The van der Waals surface area contributed by atoms with E-state index in [-0.39, 0.29) is 24.2 Å². The van der Waals surface area contributed by atoms with Gasteiger partial charge in [-0.05, 0) is 138 Å². The first-order chi connectivity index (χ1) is 47.0. The highest BCUT2D eigenvalue weighted by atomic mass is 35.5. The first-order valence-electron chi connectivity index (χ1n) is 32.9. The van der Waals surface area contributed by atoms with E-state index in [1.807, 2.05) is 172 Å². The van der Waals surface area contributed by atoms with Crippen LogP contribution < -0.4 is 31.1 Å². The molecule has 3 aromatic heterocycles. The van der Waals surface area contributed by atoms with Crippen molar-refractivity contribution in [2.75, 3.05) is 133 Å². The molecule has 0 atom stereocenters. The first kappa shape index (κ1) is 76.6. The number of carbonyl (C=O) groups is 3. The van der Waals surface area contributed by atoms with E-state index in [0.29, 0.717) is 65.6 Å². The monoisotopic (exact) mass is 1460 g/mol. The average molecular weight is 1470 g/mol.